The van der Waals surface area contributed by atoms with Gasteiger partial charge in [-0.15, -0.1) is 0 Å². The molecule has 1 heterocycles. The normalized spacial score (nSPS) is 16.7. The van der Waals surface area contributed by atoms with Gasteiger partial charge in [-0.3, -0.25) is 4.79 Å². The molecule has 9 nitrogen and oxygen atoms in total. The molecule has 1 aliphatic heterocycles. The lowest BCUT2D eigenvalue weighted by atomic mass is 10.0. The van der Waals surface area contributed by atoms with E-state index in [2.05, 4.69) is 16.0 Å². The molecule has 0 fully saturated rings. The van der Waals surface area contributed by atoms with Crippen LogP contribution in [0.5, 0.6) is 0 Å². The van der Waals surface area contributed by atoms with E-state index in [-0.39, 0.29) is 30.4 Å². The van der Waals surface area contributed by atoms with Crippen LogP contribution in [0.1, 0.15) is 44.5 Å². The van der Waals surface area contributed by atoms with Gasteiger partial charge in [0.05, 0.1) is 23.9 Å². The first kappa shape index (κ1) is 25.2. The fourth-order valence-electron chi connectivity index (χ4n) is 3.17. The SMILES string of the molecule is CCOC(=O)C1=C(COC(=O)C(CC(C)C)NC(=O)c2ccc(Cl)cc2)NC(=O)NC1C. The van der Waals surface area contributed by atoms with Gasteiger partial charge in [-0.25, -0.2) is 14.4 Å². The fraction of sp³-hybridized carbons (Fsp3) is 0.455. The lowest BCUT2D eigenvalue weighted by Crippen LogP contribution is -2.50. The van der Waals surface area contributed by atoms with Crippen LogP contribution in [0, 0.1) is 5.92 Å². The molecule has 0 saturated heterocycles. The lowest BCUT2D eigenvalue weighted by Gasteiger charge is -2.27. The minimum absolute atomic E-state index is 0.0889. The summed E-state index contributed by atoms with van der Waals surface area (Å²) in [5.41, 5.74) is 0.660. The monoisotopic (exact) mass is 465 g/mol. The Bertz CT molecular complexity index is 897. The van der Waals surface area contributed by atoms with E-state index in [1.165, 1.54) is 0 Å². The van der Waals surface area contributed by atoms with Gasteiger partial charge in [0.25, 0.3) is 5.91 Å². The Labute approximate surface area is 191 Å². The highest BCUT2D eigenvalue weighted by molar-refractivity contribution is 6.30. The van der Waals surface area contributed by atoms with Gasteiger partial charge >= 0.3 is 18.0 Å². The van der Waals surface area contributed by atoms with Crippen molar-refractivity contribution in [1.82, 2.24) is 16.0 Å². The third-order valence-corrected chi connectivity index (χ3v) is 4.88. The summed E-state index contributed by atoms with van der Waals surface area (Å²) in [6.45, 7) is 6.91. The fourth-order valence-corrected chi connectivity index (χ4v) is 3.29. The van der Waals surface area contributed by atoms with Crippen molar-refractivity contribution in [3.8, 4) is 0 Å². The Morgan fingerprint density at radius 3 is 2.41 bits per heavy atom. The number of rotatable bonds is 9. The average molecular weight is 466 g/mol. The molecule has 174 valence electrons. The maximum atomic E-state index is 12.8. The number of halogens is 1. The van der Waals surface area contributed by atoms with Crippen molar-refractivity contribution >= 4 is 35.5 Å². The Hall–Kier alpha value is -3.07. The molecule has 3 amide bonds. The number of benzene rings is 1. The number of hydrogen-bond acceptors (Lipinski definition) is 6. The zero-order valence-corrected chi connectivity index (χ0v) is 19.2. The van der Waals surface area contributed by atoms with Crippen molar-refractivity contribution in [2.75, 3.05) is 13.2 Å². The second-order valence-electron chi connectivity index (χ2n) is 7.70. The smallest absolute Gasteiger partial charge is 0.338 e. The molecule has 2 unspecified atom stereocenters. The summed E-state index contributed by atoms with van der Waals surface area (Å²) in [4.78, 5) is 49.5. The first-order valence-corrected chi connectivity index (χ1v) is 10.7. The predicted octanol–water partition coefficient (Wildman–Crippen LogP) is 2.55. The second kappa shape index (κ2) is 11.5. The van der Waals surface area contributed by atoms with Gasteiger partial charge in [-0.05, 0) is 50.5 Å². The van der Waals surface area contributed by atoms with Crippen molar-refractivity contribution in [3.63, 3.8) is 0 Å². The largest absolute Gasteiger partial charge is 0.463 e. The van der Waals surface area contributed by atoms with Crippen LogP contribution in [0.3, 0.4) is 0 Å². The summed E-state index contributed by atoms with van der Waals surface area (Å²) in [5, 5.41) is 8.23. The molecule has 1 aromatic rings. The van der Waals surface area contributed by atoms with E-state index in [4.69, 9.17) is 21.1 Å². The summed E-state index contributed by atoms with van der Waals surface area (Å²) in [6, 6.07) is 4.21. The maximum Gasteiger partial charge on any atom is 0.338 e. The molecule has 0 spiro atoms. The Balaban J connectivity index is 2.14. The highest BCUT2D eigenvalue weighted by Gasteiger charge is 2.31. The molecule has 32 heavy (non-hydrogen) atoms. The van der Waals surface area contributed by atoms with E-state index in [0.717, 1.165) is 0 Å². The van der Waals surface area contributed by atoms with Crippen molar-refractivity contribution in [2.24, 2.45) is 5.92 Å². The quantitative estimate of drug-likeness (QED) is 0.481. The van der Waals surface area contributed by atoms with Crippen molar-refractivity contribution in [2.45, 2.75) is 46.2 Å². The van der Waals surface area contributed by atoms with Crippen molar-refractivity contribution in [1.29, 1.82) is 0 Å². The second-order valence-corrected chi connectivity index (χ2v) is 8.14. The van der Waals surface area contributed by atoms with Crippen LogP contribution < -0.4 is 16.0 Å². The van der Waals surface area contributed by atoms with Gasteiger partial charge in [0.15, 0.2) is 0 Å². The Kier molecular flexibility index (Phi) is 9.07. The summed E-state index contributed by atoms with van der Waals surface area (Å²) >= 11 is 5.85. The molecule has 0 saturated carbocycles. The van der Waals surface area contributed by atoms with Gasteiger partial charge in [-0.1, -0.05) is 25.4 Å². The molecule has 3 N–H and O–H groups in total. The number of amides is 3. The predicted molar refractivity (Wildman–Crippen MR) is 118 cm³/mol. The molecule has 0 aromatic heterocycles. The summed E-state index contributed by atoms with van der Waals surface area (Å²) in [6.07, 6.45) is 0.340. The topological polar surface area (TPSA) is 123 Å². The van der Waals surface area contributed by atoms with Crippen LogP contribution in [0.4, 0.5) is 4.79 Å². The van der Waals surface area contributed by atoms with Crippen LogP contribution >= 0.6 is 11.6 Å². The van der Waals surface area contributed by atoms with Gasteiger partial charge in [0.2, 0.25) is 0 Å². The molecule has 0 bridgehead atoms. The first-order valence-electron chi connectivity index (χ1n) is 10.3. The number of ether oxygens (including phenoxy) is 2. The van der Waals surface area contributed by atoms with Crippen LogP contribution in [0.2, 0.25) is 5.02 Å². The third kappa shape index (κ3) is 6.98. The number of carbonyl (C=O) groups is 4. The Morgan fingerprint density at radius 1 is 1.16 bits per heavy atom. The highest BCUT2D eigenvalue weighted by atomic mass is 35.5. The standard InChI is InChI=1S/C22H28ClN3O6/c1-5-31-21(29)18-13(4)24-22(30)26-17(18)11-32-20(28)16(10-12(2)3)25-19(27)14-6-8-15(23)9-7-14/h6-9,12-13,16H,5,10-11H2,1-4H3,(H,25,27)(H2,24,26,30). The van der Waals surface area contributed by atoms with Gasteiger partial charge in [-0.2, -0.15) is 0 Å². The van der Waals surface area contributed by atoms with Crippen LogP contribution in [-0.4, -0.2) is 49.2 Å². The van der Waals surface area contributed by atoms with E-state index in [1.54, 1.807) is 38.1 Å². The molecule has 2 rings (SSSR count). The van der Waals surface area contributed by atoms with E-state index in [9.17, 15) is 19.2 Å². The number of urea groups is 1. The molecule has 0 radical (unpaired) electrons. The first-order chi connectivity index (χ1) is 15.1. The summed E-state index contributed by atoms with van der Waals surface area (Å²) in [7, 11) is 0. The summed E-state index contributed by atoms with van der Waals surface area (Å²) < 4.78 is 10.4. The minimum Gasteiger partial charge on any atom is -0.463 e. The van der Waals surface area contributed by atoms with E-state index in [1.807, 2.05) is 13.8 Å². The van der Waals surface area contributed by atoms with Gasteiger partial charge < -0.3 is 25.4 Å². The van der Waals surface area contributed by atoms with E-state index < -0.39 is 36.0 Å². The van der Waals surface area contributed by atoms with Crippen molar-refractivity contribution in [3.05, 3.63) is 46.1 Å². The molecular formula is C22H28ClN3O6. The molecule has 0 aliphatic carbocycles. The minimum atomic E-state index is -0.917. The van der Waals surface area contributed by atoms with Crippen LogP contribution in [0.25, 0.3) is 0 Å². The Morgan fingerprint density at radius 2 is 1.81 bits per heavy atom. The molecule has 10 heteroatoms. The highest BCUT2D eigenvalue weighted by Crippen LogP contribution is 2.16. The number of esters is 2. The van der Waals surface area contributed by atoms with Crippen LogP contribution in [-0.2, 0) is 19.1 Å². The zero-order chi connectivity index (χ0) is 23.8. The number of carbonyl (C=O) groups excluding carboxylic acids is 4. The average Bonchev–Trinajstić information content (AvgIpc) is 2.71. The molecule has 2 atom stereocenters. The summed E-state index contributed by atoms with van der Waals surface area (Å²) in [5.74, 6) is -1.66. The van der Waals surface area contributed by atoms with E-state index in [0.29, 0.717) is 17.0 Å². The molecule has 1 aromatic carbocycles. The molecular weight excluding hydrogens is 438 g/mol. The maximum absolute atomic E-state index is 12.8. The molecule has 1 aliphatic rings. The van der Waals surface area contributed by atoms with Gasteiger partial charge in [0.1, 0.15) is 12.6 Å². The van der Waals surface area contributed by atoms with E-state index >= 15 is 0 Å². The third-order valence-electron chi connectivity index (χ3n) is 4.63. The lowest BCUT2D eigenvalue weighted by molar-refractivity contribution is -0.146. The number of hydrogen-bond donors (Lipinski definition) is 3. The zero-order valence-electron chi connectivity index (χ0n) is 18.5. The number of nitrogens with one attached hydrogen (secondary N) is 3. The van der Waals surface area contributed by atoms with Crippen molar-refractivity contribution < 1.29 is 28.7 Å². The van der Waals surface area contributed by atoms with Crippen LogP contribution in [0.15, 0.2) is 35.5 Å². The van der Waals surface area contributed by atoms with Gasteiger partial charge in [0, 0.05) is 10.6 Å².